The highest BCUT2D eigenvalue weighted by atomic mass is 19.4. The molecule has 0 saturated heterocycles. The van der Waals surface area contributed by atoms with Gasteiger partial charge < -0.3 is 4.74 Å². The van der Waals surface area contributed by atoms with Crippen molar-refractivity contribution in [3.05, 3.63) is 29.6 Å². The van der Waals surface area contributed by atoms with E-state index in [0.29, 0.717) is 0 Å². The average molecular weight is 358 g/mol. The van der Waals surface area contributed by atoms with Crippen molar-refractivity contribution in [3.63, 3.8) is 0 Å². The molecule has 0 aliphatic heterocycles. The summed E-state index contributed by atoms with van der Waals surface area (Å²) in [4.78, 5) is 0. The normalized spacial score (nSPS) is 30.9. The van der Waals surface area contributed by atoms with Crippen molar-refractivity contribution < 1.29 is 22.3 Å². The molecule has 140 valence electrons. The van der Waals surface area contributed by atoms with Gasteiger partial charge in [-0.15, -0.1) is 13.2 Å². The maximum Gasteiger partial charge on any atom is 0.573 e. The molecular weight excluding hydrogens is 332 g/mol. The van der Waals surface area contributed by atoms with E-state index in [0.717, 1.165) is 55.1 Å². The van der Waals surface area contributed by atoms with Gasteiger partial charge in [0.25, 0.3) is 0 Å². The predicted molar refractivity (Wildman–Crippen MR) is 88.9 cm³/mol. The number of ether oxygens (including phenoxy) is 1. The monoisotopic (exact) mass is 358 g/mol. The minimum Gasteiger partial charge on any atom is -0.403 e. The van der Waals surface area contributed by atoms with E-state index in [4.69, 9.17) is 0 Å². The molecule has 0 radical (unpaired) electrons. The molecule has 2 fully saturated rings. The van der Waals surface area contributed by atoms with Crippen LogP contribution in [-0.2, 0) is 0 Å². The van der Waals surface area contributed by atoms with Gasteiger partial charge in [0.2, 0.25) is 0 Å². The Morgan fingerprint density at radius 1 is 0.880 bits per heavy atom. The molecule has 1 nitrogen and oxygen atoms in total. The average Bonchev–Trinajstić information content (AvgIpc) is 2.56. The van der Waals surface area contributed by atoms with E-state index in [1.54, 1.807) is 6.07 Å². The minimum absolute atomic E-state index is 0.244. The molecule has 2 aliphatic carbocycles. The van der Waals surface area contributed by atoms with Crippen molar-refractivity contribution in [3.8, 4) is 5.75 Å². The summed E-state index contributed by atoms with van der Waals surface area (Å²) in [6.07, 6.45) is 4.73. The van der Waals surface area contributed by atoms with Gasteiger partial charge >= 0.3 is 6.36 Å². The summed E-state index contributed by atoms with van der Waals surface area (Å²) < 4.78 is 54.3. The third-order valence-corrected chi connectivity index (χ3v) is 6.15. The molecule has 0 spiro atoms. The van der Waals surface area contributed by atoms with Crippen molar-refractivity contribution in [2.75, 3.05) is 0 Å². The topological polar surface area (TPSA) is 9.23 Å². The smallest absolute Gasteiger partial charge is 0.403 e. The van der Waals surface area contributed by atoms with Crippen LogP contribution in [0.15, 0.2) is 18.2 Å². The van der Waals surface area contributed by atoms with Gasteiger partial charge in [0.05, 0.1) is 0 Å². The van der Waals surface area contributed by atoms with E-state index in [2.05, 4.69) is 11.7 Å². The molecule has 5 heteroatoms. The first kappa shape index (κ1) is 18.5. The van der Waals surface area contributed by atoms with E-state index in [9.17, 15) is 17.6 Å². The first-order valence-corrected chi connectivity index (χ1v) is 9.37. The Hall–Kier alpha value is -1.26. The molecule has 2 saturated carbocycles. The standard InChI is InChI=1S/C20H26F4O/c1-13-2-4-14(5-3-13)15-6-8-16(9-7-15)17-10-11-19(18(21)12-17)25-20(22,23)24/h10-16H,2-9H2,1H3. The summed E-state index contributed by atoms with van der Waals surface area (Å²) in [7, 11) is 0. The zero-order chi connectivity index (χ0) is 18.0. The second-order valence-electron chi connectivity index (χ2n) is 7.87. The lowest BCUT2D eigenvalue weighted by Gasteiger charge is -2.37. The van der Waals surface area contributed by atoms with Gasteiger partial charge in [0.1, 0.15) is 0 Å². The Kier molecular flexibility index (Phi) is 5.59. The van der Waals surface area contributed by atoms with Crippen molar-refractivity contribution >= 4 is 0 Å². The summed E-state index contributed by atoms with van der Waals surface area (Å²) in [5, 5.41) is 0. The Morgan fingerprint density at radius 2 is 1.44 bits per heavy atom. The fourth-order valence-electron chi connectivity index (χ4n) is 4.66. The van der Waals surface area contributed by atoms with Crippen LogP contribution in [0.2, 0.25) is 0 Å². The van der Waals surface area contributed by atoms with E-state index in [1.807, 2.05) is 0 Å². The third kappa shape index (κ3) is 4.89. The molecule has 0 aromatic heterocycles. The van der Waals surface area contributed by atoms with Gasteiger partial charge in [-0.1, -0.05) is 25.8 Å². The lowest BCUT2D eigenvalue weighted by atomic mass is 9.68. The van der Waals surface area contributed by atoms with Crippen molar-refractivity contribution in [1.29, 1.82) is 0 Å². The summed E-state index contributed by atoms with van der Waals surface area (Å²) in [5.74, 6) is 1.01. The lowest BCUT2D eigenvalue weighted by molar-refractivity contribution is -0.275. The van der Waals surface area contributed by atoms with Crippen molar-refractivity contribution in [2.24, 2.45) is 17.8 Å². The van der Waals surface area contributed by atoms with Gasteiger partial charge in [-0.2, -0.15) is 0 Å². The van der Waals surface area contributed by atoms with Crippen LogP contribution in [0.3, 0.4) is 0 Å². The Labute approximate surface area is 146 Å². The number of hydrogen-bond acceptors (Lipinski definition) is 1. The fourth-order valence-corrected chi connectivity index (χ4v) is 4.66. The Balaban J connectivity index is 1.57. The van der Waals surface area contributed by atoms with Crippen molar-refractivity contribution in [1.82, 2.24) is 0 Å². The molecule has 0 atom stereocenters. The molecule has 25 heavy (non-hydrogen) atoms. The van der Waals surface area contributed by atoms with Crippen LogP contribution in [0, 0.1) is 23.6 Å². The Morgan fingerprint density at radius 3 is 1.96 bits per heavy atom. The quantitative estimate of drug-likeness (QED) is 0.538. The van der Waals surface area contributed by atoms with Crippen LogP contribution in [-0.4, -0.2) is 6.36 Å². The second kappa shape index (κ2) is 7.55. The maximum absolute atomic E-state index is 13.9. The summed E-state index contributed by atoms with van der Waals surface area (Å²) >= 11 is 0. The second-order valence-corrected chi connectivity index (χ2v) is 7.87. The lowest BCUT2D eigenvalue weighted by Crippen LogP contribution is -2.24. The van der Waals surface area contributed by atoms with Gasteiger partial charge in [0.15, 0.2) is 11.6 Å². The van der Waals surface area contributed by atoms with Gasteiger partial charge in [-0.25, -0.2) is 4.39 Å². The highest BCUT2D eigenvalue weighted by molar-refractivity contribution is 5.31. The highest BCUT2D eigenvalue weighted by Gasteiger charge is 2.33. The van der Waals surface area contributed by atoms with Crippen LogP contribution < -0.4 is 4.74 Å². The first-order chi connectivity index (χ1) is 11.8. The molecule has 1 aromatic carbocycles. The number of hydrogen-bond donors (Lipinski definition) is 0. The maximum atomic E-state index is 13.9. The number of alkyl halides is 3. The molecule has 0 amide bonds. The molecular formula is C20H26F4O. The third-order valence-electron chi connectivity index (χ3n) is 6.15. The fraction of sp³-hybridized carbons (Fsp3) is 0.700. The van der Waals surface area contributed by atoms with E-state index in [-0.39, 0.29) is 5.92 Å². The van der Waals surface area contributed by atoms with Crippen molar-refractivity contribution in [2.45, 2.75) is 70.6 Å². The summed E-state index contributed by atoms with van der Waals surface area (Å²) in [6.45, 7) is 2.33. The molecule has 0 unspecified atom stereocenters. The molecule has 2 aliphatic rings. The SMILES string of the molecule is CC1CCC(C2CCC(c3ccc(OC(F)(F)F)c(F)c3)CC2)CC1. The number of rotatable bonds is 3. The number of benzene rings is 1. The minimum atomic E-state index is -4.86. The summed E-state index contributed by atoms with van der Waals surface area (Å²) in [6, 6.07) is 3.90. The van der Waals surface area contributed by atoms with Gasteiger partial charge in [-0.3, -0.25) is 0 Å². The van der Waals surface area contributed by atoms with Gasteiger partial charge in [-0.05, 0) is 79.9 Å². The van der Waals surface area contributed by atoms with Gasteiger partial charge in [0, 0.05) is 0 Å². The van der Waals surface area contributed by atoms with Crippen LogP contribution in [0.4, 0.5) is 17.6 Å². The first-order valence-electron chi connectivity index (χ1n) is 9.37. The zero-order valence-corrected chi connectivity index (χ0v) is 14.6. The Bertz CT molecular complexity index is 568. The van der Waals surface area contributed by atoms with E-state index < -0.39 is 17.9 Å². The molecule has 1 aromatic rings. The van der Waals surface area contributed by atoms with E-state index in [1.165, 1.54) is 31.7 Å². The zero-order valence-electron chi connectivity index (χ0n) is 14.6. The van der Waals surface area contributed by atoms with Crippen LogP contribution in [0.5, 0.6) is 5.75 Å². The van der Waals surface area contributed by atoms with E-state index >= 15 is 0 Å². The molecule has 0 bridgehead atoms. The molecule has 0 N–H and O–H groups in total. The van der Waals surface area contributed by atoms with Crippen LogP contribution in [0.1, 0.15) is 69.8 Å². The molecule has 3 rings (SSSR count). The summed E-state index contributed by atoms with van der Waals surface area (Å²) in [5.41, 5.74) is 0.794. The predicted octanol–water partition coefficient (Wildman–Crippen LogP) is 6.82. The number of halogens is 4. The van der Waals surface area contributed by atoms with Crippen LogP contribution in [0.25, 0.3) is 0 Å². The highest BCUT2D eigenvalue weighted by Crippen LogP contribution is 2.44. The largest absolute Gasteiger partial charge is 0.573 e. The van der Waals surface area contributed by atoms with Crippen LogP contribution >= 0.6 is 0 Å². The molecule has 0 heterocycles.